The van der Waals surface area contributed by atoms with Crippen LogP contribution in [-0.2, 0) is 4.57 Å². The number of non-ortho nitro benzene ring substituents is 3. The van der Waals surface area contributed by atoms with Crippen molar-refractivity contribution in [3.8, 4) is 68.7 Å². The molecule has 0 radical (unpaired) electrons. The summed E-state index contributed by atoms with van der Waals surface area (Å²) in [5.41, 5.74) is 23.3. The average Bonchev–Trinajstić information content (AvgIpc) is 1.70. The average molecular weight is 1650 g/mol. The van der Waals surface area contributed by atoms with Gasteiger partial charge >= 0.3 is 5.20 Å². The second-order valence-electron chi connectivity index (χ2n) is 21.2. The Kier molecular flexibility index (Phi) is 33.8. The predicted molar refractivity (Wildman–Crippen MR) is 422 cm³/mol. The maximum Gasteiger partial charge on any atom is 0.339 e. The highest BCUT2D eigenvalue weighted by molar-refractivity contribution is 8.24. The number of benzene rings is 10. The number of carbonyl (C=O) groups is 4. The number of halogens is 8. The number of amides is 1. The Bertz CT molecular complexity index is 5270. The van der Waals surface area contributed by atoms with Crippen molar-refractivity contribution < 1.29 is 51.8 Å². The molecular formula is C73H56Cl8N13O14P. The van der Waals surface area contributed by atoms with E-state index in [1.54, 1.807) is 103 Å². The van der Waals surface area contributed by atoms with Crippen LogP contribution in [0.4, 0.5) is 28.4 Å². The Morgan fingerprint density at radius 3 is 1.05 bits per heavy atom. The molecule has 13 aromatic rings. The van der Waals surface area contributed by atoms with Crippen molar-refractivity contribution in [2.75, 3.05) is 24.6 Å². The molecule has 3 aromatic heterocycles. The molecule has 0 atom stereocenters. The third kappa shape index (κ3) is 28.9. The number of ketones is 2. The van der Waals surface area contributed by atoms with Crippen LogP contribution in [0.3, 0.4) is 0 Å². The van der Waals surface area contributed by atoms with Crippen molar-refractivity contribution in [3.63, 3.8) is 0 Å². The minimum atomic E-state index is -3.22. The monoisotopic (exact) mass is 1650 g/mol. The molecule has 0 unspecified atom stereocenters. The van der Waals surface area contributed by atoms with Gasteiger partial charge in [0.05, 0.1) is 27.9 Å². The first-order valence-corrected chi connectivity index (χ1v) is 36.8. The van der Waals surface area contributed by atoms with Gasteiger partial charge in [0.2, 0.25) is 35.3 Å². The van der Waals surface area contributed by atoms with E-state index >= 15 is 0 Å². The van der Waals surface area contributed by atoms with Crippen LogP contribution in [0.2, 0.25) is 20.1 Å². The number of hydrogen-bond donors (Lipinski definition) is 4. The summed E-state index contributed by atoms with van der Waals surface area (Å²) in [6.45, 7) is -0.192. The lowest BCUT2D eigenvalue weighted by Gasteiger charge is -2.05. The lowest BCUT2D eigenvalue weighted by Crippen LogP contribution is -2.29. The third-order valence-corrected chi connectivity index (χ3v) is 14.7. The Labute approximate surface area is 659 Å². The van der Waals surface area contributed by atoms with E-state index in [-0.39, 0.29) is 66.2 Å². The van der Waals surface area contributed by atoms with Crippen LogP contribution in [0.5, 0.6) is 0 Å². The van der Waals surface area contributed by atoms with Crippen LogP contribution in [-0.4, -0.2) is 81.2 Å². The number of nitrogens with one attached hydrogen (secondary N) is 1. The summed E-state index contributed by atoms with van der Waals surface area (Å²) in [6, 6.07) is 68.3. The van der Waals surface area contributed by atoms with E-state index in [2.05, 4.69) is 69.6 Å². The van der Waals surface area contributed by atoms with Gasteiger partial charge in [0, 0.05) is 123 Å². The molecule has 1 amide bonds. The van der Waals surface area contributed by atoms with Crippen LogP contribution in [0.15, 0.2) is 262 Å². The number of Topliss-reactive ketones (excluding diaryl/α,β-unsaturated/α-hetero) is 2. The van der Waals surface area contributed by atoms with Crippen molar-refractivity contribution in [2.45, 2.75) is 7.43 Å². The molecule has 558 valence electrons. The van der Waals surface area contributed by atoms with Gasteiger partial charge in [-0.1, -0.05) is 139 Å². The summed E-state index contributed by atoms with van der Waals surface area (Å²) in [6.07, 6.45) is 0. The maximum atomic E-state index is 11.9. The number of carbonyl (C=O) groups excluding carboxylic acids is 4. The summed E-state index contributed by atoms with van der Waals surface area (Å²) in [5.74, 6) is 1.41. The minimum absolute atomic E-state index is 0. The molecule has 0 spiro atoms. The minimum Gasteiger partial charge on any atom is -0.416 e. The van der Waals surface area contributed by atoms with Gasteiger partial charge in [-0.15, -0.1) is 30.6 Å². The van der Waals surface area contributed by atoms with Gasteiger partial charge in [-0.25, -0.2) is 0 Å². The molecule has 0 aliphatic heterocycles. The van der Waals surface area contributed by atoms with E-state index in [0.29, 0.717) is 83.2 Å². The number of nitro groups is 3. The lowest BCUT2D eigenvalue weighted by molar-refractivity contribution is -0.385. The maximum absolute atomic E-state index is 11.9. The Morgan fingerprint density at radius 2 is 0.679 bits per heavy atom. The van der Waals surface area contributed by atoms with Gasteiger partial charge < -0.3 is 35.8 Å². The first-order valence-electron chi connectivity index (χ1n) is 30.5. The zero-order valence-electron chi connectivity index (χ0n) is 55.0. The largest absolute Gasteiger partial charge is 0.416 e. The fraction of sp³-hybridized carbons (Fsp3) is 0.0411. The highest BCUT2D eigenvalue weighted by atomic mass is 36.0. The van der Waals surface area contributed by atoms with E-state index in [1.165, 1.54) is 54.6 Å². The molecule has 0 bridgehead atoms. The molecule has 3 heterocycles. The van der Waals surface area contributed by atoms with E-state index in [4.69, 9.17) is 88.5 Å². The zero-order chi connectivity index (χ0) is 78.5. The number of rotatable bonds is 16. The lowest BCUT2D eigenvalue weighted by atomic mass is 10.1. The predicted octanol–water partition coefficient (Wildman–Crippen LogP) is 20.4. The van der Waals surface area contributed by atoms with Gasteiger partial charge in [0.15, 0.2) is 11.6 Å². The number of aromatic nitrogens is 6. The fourth-order valence-corrected chi connectivity index (χ4v) is 9.48. The molecule has 0 saturated carbocycles. The quantitative estimate of drug-likeness (QED) is 0.0174. The number of hydrogen-bond acceptors (Lipinski definition) is 23. The van der Waals surface area contributed by atoms with Crippen molar-refractivity contribution in [1.29, 1.82) is 0 Å². The van der Waals surface area contributed by atoms with Gasteiger partial charge in [0.1, 0.15) is 0 Å². The van der Waals surface area contributed by atoms with Gasteiger partial charge in [-0.3, -0.25) is 54.1 Å². The Morgan fingerprint density at radius 1 is 0.385 bits per heavy atom. The molecule has 10 aromatic carbocycles. The number of nitrogens with zero attached hydrogens (tertiary/aromatic N) is 9. The summed E-state index contributed by atoms with van der Waals surface area (Å²) in [5, 5.41) is 56.3. The van der Waals surface area contributed by atoms with Gasteiger partial charge in [-0.2, -0.15) is 0 Å². The Hall–Kier alpha value is -11.6. The molecular weight excluding hydrogens is 1600 g/mol. The van der Waals surface area contributed by atoms with Crippen LogP contribution >= 0.6 is 96.9 Å². The molecule has 27 nitrogen and oxygen atoms in total. The third-order valence-electron chi connectivity index (χ3n) is 13.5. The van der Waals surface area contributed by atoms with Crippen LogP contribution < -0.4 is 22.5 Å². The molecule has 0 fully saturated rings. The topological polar surface area (TPSA) is 422 Å². The Balaban J connectivity index is 0.000000204. The van der Waals surface area contributed by atoms with E-state index in [9.17, 15) is 54.1 Å². The van der Waals surface area contributed by atoms with Crippen molar-refractivity contribution in [3.05, 3.63) is 321 Å². The second kappa shape index (κ2) is 42.7. The smallest absolute Gasteiger partial charge is 0.339 e. The van der Waals surface area contributed by atoms with Crippen molar-refractivity contribution in [2.24, 2.45) is 5.73 Å². The summed E-state index contributed by atoms with van der Waals surface area (Å²) >= 11 is 42.3. The number of nitro benzene ring substituents is 3. The van der Waals surface area contributed by atoms with Crippen LogP contribution in [0, 0.1) is 30.3 Å². The second-order valence-corrected chi connectivity index (χ2v) is 30.0. The normalized spacial score (nSPS) is 10.2. The van der Waals surface area contributed by atoms with Crippen molar-refractivity contribution >= 4 is 148 Å². The molecule has 109 heavy (non-hydrogen) atoms. The highest BCUT2D eigenvalue weighted by Crippen LogP contribution is 2.61. The van der Waals surface area contributed by atoms with Crippen LogP contribution in [0.1, 0.15) is 48.9 Å². The van der Waals surface area contributed by atoms with E-state index in [0.717, 1.165) is 34.4 Å². The number of nitrogen functional groups attached to an aromatic ring is 2. The molecule has 36 heteroatoms. The summed E-state index contributed by atoms with van der Waals surface area (Å²) in [4.78, 5) is 75.4. The SMILES string of the molecule is C.NCC(=O)c1cccc(Cl)c1.Nc1cccc(-c2nnc(-c3cccc(Cl)c3)o2)c1.Nc1cccc(-c2nnc(-c3ccccc3)o2)c1.O=C(CNC(=O)c1cccc([N+](=O)[O-])c1)c1cccc(Cl)c1.O=C(Cl)c1cccc([N+](=O)[O-])c1.O=P(Cl)(Cl)Cl.O=[N+]([O-])c1cccc(-c2nnc(-c3cccc(Cl)c3)o2)c1. The molecule has 0 aliphatic rings. The van der Waals surface area contributed by atoms with Crippen LogP contribution in [0.25, 0.3) is 68.7 Å². The number of anilines is 2. The molecule has 0 saturated heterocycles. The standard InChI is InChI=1S/C15H11ClN2O4.C14H8ClN3O3.C14H10ClN3O.C14H11N3O.C8H8ClNO.C7H4ClNO3.CH4.Cl3OP/c16-12-5-1-3-10(7-12)14(19)9-17-15(20)11-4-2-6-13(8-11)18(21)22;15-11-5-1-3-9(7-11)13-16-17-14(21-13)10-4-2-6-12(8-10)18(19)20;15-11-5-1-3-9(7-11)13-17-18-14(19-13)10-4-2-6-12(16)8-10;15-12-8-4-7-11(9-12)14-17-16-13(18-14)10-5-2-1-3-6-10;9-7-3-1-2-6(4-7)8(11)5-10;8-7(10)5-2-1-3-6(4-5)9(11)12;;1-5(2,3)4/h1-8H,9H2,(H,17,20);1-8H;1-8H,16H2;1-9H,15H2;1-4H,5,10H2;1-4H;1H4;. The molecule has 0 aliphatic carbocycles. The first-order chi connectivity index (χ1) is 51.5. The zero-order valence-corrected chi connectivity index (χ0v) is 62.0. The molecule has 13 rings (SSSR count). The highest BCUT2D eigenvalue weighted by Gasteiger charge is 2.18. The summed E-state index contributed by atoms with van der Waals surface area (Å²) in [7, 11) is 0. The summed E-state index contributed by atoms with van der Waals surface area (Å²) < 4.78 is 26.3. The van der Waals surface area contributed by atoms with Gasteiger partial charge in [0.25, 0.3) is 28.2 Å². The fourth-order valence-electron chi connectivity index (χ4n) is 8.60. The van der Waals surface area contributed by atoms with Gasteiger partial charge in [-0.05, 0) is 173 Å². The number of nitrogens with two attached hydrogens (primary N) is 3. The van der Waals surface area contributed by atoms with E-state index < -0.39 is 31.1 Å². The van der Waals surface area contributed by atoms with Crippen molar-refractivity contribution in [1.82, 2.24) is 35.9 Å². The van der Waals surface area contributed by atoms with E-state index in [1.807, 2.05) is 78.9 Å². The molecule has 7 N–H and O–H groups in total. The first kappa shape index (κ1) is 86.3.